The molecule has 3 fully saturated rings. The average Bonchev–Trinajstić information content (AvgIpc) is 3.45. The Morgan fingerprint density at radius 1 is 1.19 bits per heavy atom. The van der Waals surface area contributed by atoms with Crippen molar-refractivity contribution in [3.8, 4) is 0 Å². The largest absolute Gasteiger partial charge is 0.458 e. The molecule has 1 saturated carbocycles. The van der Waals surface area contributed by atoms with Gasteiger partial charge in [-0.2, -0.15) is 0 Å². The number of fused-ring (bicyclic) bond motifs is 4. The SMILES string of the molecule is C=C1C(=O)OC2C1C(OC(=O)C(=CC)OC(=O)C(=CC)CO)CC1(CO1)C1C(OC(C)=O)C=C(C)C21. The molecule has 4 rings (SSSR count). The lowest BCUT2D eigenvalue weighted by Gasteiger charge is -2.31. The molecule has 1 spiro atoms. The molecule has 0 aromatic carbocycles. The molecule has 7 atom stereocenters. The molecule has 194 valence electrons. The number of allylic oxidation sites excluding steroid dienone is 2. The van der Waals surface area contributed by atoms with Crippen LogP contribution in [0.1, 0.15) is 34.1 Å². The van der Waals surface area contributed by atoms with Gasteiger partial charge in [0.1, 0.15) is 23.9 Å². The zero-order chi connectivity index (χ0) is 26.4. The van der Waals surface area contributed by atoms with Gasteiger partial charge in [-0.15, -0.1) is 0 Å². The van der Waals surface area contributed by atoms with E-state index in [0.717, 1.165) is 5.57 Å². The average molecular weight is 503 g/mol. The highest BCUT2D eigenvalue weighted by Gasteiger charge is 2.68. The molecular formula is C26H30O10. The van der Waals surface area contributed by atoms with E-state index in [-0.39, 0.29) is 35.2 Å². The van der Waals surface area contributed by atoms with E-state index in [4.69, 9.17) is 23.7 Å². The number of rotatable bonds is 6. The van der Waals surface area contributed by atoms with Gasteiger partial charge in [0.2, 0.25) is 5.76 Å². The van der Waals surface area contributed by atoms with Crippen LogP contribution in [0, 0.1) is 17.8 Å². The van der Waals surface area contributed by atoms with Crippen molar-refractivity contribution in [1.29, 1.82) is 0 Å². The highest BCUT2D eigenvalue weighted by molar-refractivity contribution is 5.95. The summed E-state index contributed by atoms with van der Waals surface area (Å²) >= 11 is 0. The third kappa shape index (κ3) is 4.39. The highest BCUT2D eigenvalue weighted by Crippen LogP contribution is 2.58. The van der Waals surface area contributed by atoms with Crippen LogP contribution in [0.5, 0.6) is 0 Å². The van der Waals surface area contributed by atoms with Crippen LogP contribution in [0.2, 0.25) is 0 Å². The molecule has 10 nitrogen and oxygen atoms in total. The lowest BCUT2D eigenvalue weighted by molar-refractivity contribution is -0.157. The number of aliphatic hydroxyl groups is 1. The summed E-state index contributed by atoms with van der Waals surface area (Å²) in [5.41, 5.74) is 0.282. The number of aliphatic hydroxyl groups excluding tert-OH is 1. The first-order valence-electron chi connectivity index (χ1n) is 11.8. The summed E-state index contributed by atoms with van der Waals surface area (Å²) in [7, 11) is 0. The normalized spacial score (nSPS) is 35.3. The molecule has 36 heavy (non-hydrogen) atoms. The molecule has 0 aromatic rings. The third-order valence-corrected chi connectivity index (χ3v) is 7.39. The fourth-order valence-corrected chi connectivity index (χ4v) is 5.66. The first kappa shape index (κ1) is 25.8. The van der Waals surface area contributed by atoms with Crippen molar-refractivity contribution < 1.29 is 48.0 Å². The first-order chi connectivity index (χ1) is 17.1. The van der Waals surface area contributed by atoms with Gasteiger partial charge >= 0.3 is 23.9 Å². The van der Waals surface area contributed by atoms with E-state index in [0.29, 0.717) is 6.61 Å². The molecule has 4 aliphatic rings. The standard InChI is InChI=1S/C26H30O10/c1-6-15(10-27)24(30)34-16(7-2)25(31)35-18-9-26(11-32-26)21-17(33-14(5)28)8-12(3)19(21)22-20(18)13(4)23(29)36-22/h6-8,17-22,27H,4,9-11H2,1-3,5H3. The highest BCUT2D eigenvalue weighted by atomic mass is 16.6. The Kier molecular flexibility index (Phi) is 6.94. The maximum absolute atomic E-state index is 13.1. The van der Waals surface area contributed by atoms with Crippen molar-refractivity contribution in [2.24, 2.45) is 17.8 Å². The molecule has 10 heteroatoms. The van der Waals surface area contributed by atoms with Crippen molar-refractivity contribution in [1.82, 2.24) is 0 Å². The van der Waals surface area contributed by atoms with Gasteiger partial charge in [-0.05, 0) is 32.9 Å². The minimum atomic E-state index is -0.915. The zero-order valence-electron chi connectivity index (χ0n) is 20.6. The van der Waals surface area contributed by atoms with Gasteiger partial charge in [0, 0.05) is 30.8 Å². The zero-order valence-corrected chi connectivity index (χ0v) is 20.6. The van der Waals surface area contributed by atoms with Crippen molar-refractivity contribution in [3.63, 3.8) is 0 Å². The van der Waals surface area contributed by atoms with Crippen LogP contribution in [0.4, 0.5) is 0 Å². The maximum Gasteiger partial charge on any atom is 0.374 e. The van der Waals surface area contributed by atoms with Crippen LogP contribution >= 0.6 is 0 Å². The first-order valence-corrected chi connectivity index (χ1v) is 11.8. The van der Waals surface area contributed by atoms with E-state index in [9.17, 15) is 24.3 Å². The smallest absolute Gasteiger partial charge is 0.374 e. The van der Waals surface area contributed by atoms with Crippen molar-refractivity contribution in [3.05, 3.63) is 47.3 Å². The summed E-state index contributed by atoms with van der Waals surface area (Å²) in [5.74, 6) is -4.51. The number of carbonyl (C=O) groups excluding carboxylic acids is 4. The molecule has 2 aliphatic heterocycles. The van der Waals surface area contributed by atoms with Gasteiger partial charge in [0.15, 0.2) is 0 Å². The maximum atomic E-state index is 13.1. The molecule has 2 saturated heterocycles. The van der Waals surface area contributed by atoms with Gasteiger partial charge in [-0.3, -0.25) is 4.79 Å². The van der Waals surface area contributed by atoms with E-state index in [1.165, 1.54) is 26.0 Å². The second-order valence-electron chi connectivity index (χ2n) is 9.47. The van der Waals surface area contributed by atoms with Gasteiger partial charge in [0.25, 0.3) is 0 Å². The topological polar surface area (TPSA) is 138 Å². The molecular weight excluding hydrogens is 472 g/mol. The summed E-state index contributed by atoms with van der Waals surface area (Å²) in [6, 6.07) is 0. The number of hydrogen-bond donors (Lipinski definition) is 1. The summed E-state index contributed by atoms with van der Waals surface area (Å²) < 4.78 is 28.2. The van der Waals surface area contributed by atoms with Crippen LogP contribution in [-0.2, 0) is 42.9 Å². The Labute approximate surface area is 208 Å². The molecule has 2 heterocycles. The predicted molar refractivity (Wildman–Crippen MR) is 123 cm³/mol. The Hall–Kier alpha value is -3.24. The summed E-state index contributed by atoms with van der Waals surface area (Å²) in [4.78, 5) is 49.7. The number of ether oxygens (including phenoxy) is 5. The second kappa shape index (κ2) is 9.67. The van der Waals surface area contributed by atoms with Crippen LogP contribution in [0.25, 0.3) is 0 Å². The lowest BCUT2D eigenvalue weighted by atomic mass is 9.77. The van der Waals surface area contributed by atoms with Crippen molar-refractivity contribution in [2.75, 3.05) is 13.2 Å². The summed E-state index contributed by atoms with van der Waals surface area (Å²) in [6.07, 6.45) is 2.56. The molecule has 2 aliphatic carbocycles. The predicted octanol–water partition coefficient (Wildman–Crippen LogP) is 1.68. The Morgan fingerprint density at radius 2 is 1.89 bits per heavy atom. The molecule has 7 unspecified atom stereocenters. The minimum Gasteiger partial charge on any atom is -0.458 e. The summed E-state index contributed by atoms with van der Waals surface area (Å²) in [6.45, 7) is 9.98. The third-order valence-electron chi connectivity index (χ3n) is 7.39. The number of carbonyl (C=O) groups is 4. The van der Waals surface area contributed by atoms with Crippen LogP contribution in [0.15, 0.2) is 47.3 Å². The van der Waals surface area contributed by atoms with Crippen LogP contribution < -0.4 is 0 Å². The monoisotopic (exact) mass is 502 g/mol. The Morgan fingerprint density at radius 3 is 2.44 bits per heavy atom. The minimum absolute atomic E-state index is 0.0169. The second-order valence-corrected chi connectivity index (χ2v) is 9.47. The lowest BCUT2D eigenvalue weighted by Crippen LogP contribution is -2.41. The van der Waals surface area contributed by atoms with Crippen molar-refractivity contribution >= 4 is 23.9 Å². The van der Waals surface area contributed by atoms with Crippen LogP contribution in [-0.4, -0.2) is 66.1 Å². The number of esters is 4. The van der Waals surface area contributed by atoms with Gasteiger partial charge in [0.05, 0.1) is 24.7 Å². The Balaban J connectivity index is 1.64. The quantitative estimate of drug-likeness (QED) is 0.143. The van der Waals surface area contributed by atoms with Gasteiger partial charge < -0.3 is 28.8 Å². The Bertz CT molecular complexity index is 1090. The molecule has 1 N–H and O–H groups in total. The number of epoxide rings is 1. The molecule has 0 amide bonds. The van der Waals surface area contributed by atoms with E-state index in [1.54, 1.807) is 6.92 Å². The van der Waals surface area contributed by atoms with Gasteiger partial charge in [-0.1, -0.05) is 18.2 Å². The van der Waals surface area contributed by atoms with E-state index in [1.807, 2.05) is 13.0 Å². The van der Waals surface area contributed by atoms with E-state index >= 15 is 0 Å². The van der Waals surface area contributed by atoms with Gasteiger partial charge in [-0.25, -0.2) is 14.4 Å². The van der Waals surface area contributed by atoms with E-state index in [2.05, 4.69) is 6.58 Å². The fraction of sp³-hybridized carbons (Fsp3) is 0.538. The molecule has 0 bridgehead atoms. The van der Waals surface area contributed by atoms with Crippen LogP contribution in [0.3, 0.4) is 0 Å². The fourth-order valence-electron chi connectivity index (χ4n) is 5.66. The van der Waals surface area contributed by atoms with Crippen molar-refractivity contribution in [2.45, 2.75) is 58.0 Å². The summed E-state index contributed by atoms with van der Waals surface area (Å²) in [5, 5.41) is 9.30. The van der Waals surface area contributed by atoms with E-state index < -0.39 is 60.3 Å². The number of hydrogen-bond acceptors (Lipinski definition) is 10. The molecule has 0 aromatic heterocycles. The molecule has 0 radical (unpaired) electrons.